The Hall–Kier alpha value is -1.81. The molecule has 0 spiro atoms. The van der Waals surface area contributed by atoms with Gasteiger partial charge in [-0.25, -0.2) is 0 Å². The summed E-state index contributed by atoms with van der Waals surface area (Å²) in [6.07, 6.45) is 0.846. The van der Waals surface area contributed by atoms with Crippen LogP contribution in [0.25, 0.3) is 0 Å². The van der Waals surface area contributed by atoms with Crippen molar-refractivity contribution in [2.75, 3.05) is 18.0 Å². The molecule has 2 aromatic rings. The van der Waals surface area contributed by atoms with Gasteiger partial charge in [0, 0.05) is 16.7 Å². The van der Waals surface area contributed by atoms with E-state index in [1.807, 2.05) is 69.3 Å². The van der Waals surface area contributed by atoms with E-state index in [4.69, 9.17) is 4.74 Å². The van der Waals surface area contributed by atoms with Crippen LogP contribution in [0.5, 0.6) is 0 Å². The molecule has 128 valence electrons. The summed E-state index contributed by atoms with van der Waals surface area (Å²) in [5.74, 6) is -0.210. The molecule has 0 saturated heterocycles. The van der Waals surface area contributed by atoms with Gasteiger partial charge in [0.25, 0.3) is 0 Å². The van der Waals surface area contributed by atoms with Gasteiger partial charge in [-0.1, -0.05) is 52.3 Å². The van der Waals surface area contributed by atoms with Gasteiger partial charge in [-0.15, -0.1) is 0 Å². The van der Waals surface area contributed by atoms with E-state index in [0.717, 1.165) is 23.1 Å². The first-order valence-electron chi connectivity index (χ1n) is 8.10. The molecule has 0 radical (unpaired) electrons. The second-order valence-corrected chi connectivity index (χ2v) is 7.54. The number of rotatable bonds is 6. The van der Waals surface area contributed by atoms with Gasteiger partial charge < -0.3 is 9.64 Å². The first kappa shape index (κ1) is 18.5. The van der Waals surface area contributed by atoms with E-state index in [1.165, 1.54) is 5.56 Å². The molecule has 0 aliphatic rings. The summed E-state index contributed by atoms with van der Waals surface area (Å²) in [5.41, 5.74) is 1.78. The van der Waals surface area contributed by atoms with Crippen LogP contribution in [0.1, 0.15) is 26.3 Å². The Bertz CT molecular complexity index is 665. The monoisotopic (exact) mass is 389 g/mol. The number of carbonyl (C=O) groups excluding carboxylic acids is 1. The third-order valence-corrected chi connectivity index (χ3v) is 4.24. The highest BCUT2D eigenvalue weighted by atomic mass is 79.9. The molecule has 0 bridgehead atoms. The van der Waals surface area contributed by atoms with E-state index in [0.29, 0.717) is 0 Å². The first-order chi connectivity index (χ1) is 11.3. The third kappa shape index (κ3) is 6.00. The van der Waals surface area contributed by atoms with Crippen LogP contribution in [0.15, 0.2) is 59.1 Å². The van der Waals surface area contributed by atoms with Gasteiger partial charge in [0.2, 0.25) is 0 Å². The zero-order valence-corrected chi connectivity index (χ0v) is 16.0. The number of hydrogen-bond donors (Lipinski definition) is 0. The Balaban J connectivity index is 2.09. The second kappa shape index (κ2) is 8.34. The predicted octanol–water partition coefficient (Wildman–Crippen LogP) is 4.84. The lowest BCUT2D eigenvalue weighted by molar-refractivity contribution is -0.153. The van der Waals surface area contributed by atoms with Crippen LogP contribution in [-0.2, 0) is 16.0 Å². The fourth-order valence-corrected chi connectivity index (χ4v) is 2.91. The SMILES string of the molecule is CC(C)(C)OC(=O)CN(CCc1ccccc1Br)c1ccccc1. The maximum Gasteiger partial charge on any atom is 0.326 e. The molecule has 4 heteroatoms. The number of para-hydroxylation sites is 1. The van der Waals surface area contributed by atoms with Crippen LogP contribution in [0.2, 0.25) is 0 Å². The number of halogens is 1. The lowest BCUT2D eigenvalue weighted by atomic mass is 10.1. The number of anilines is 1. The lowest BCUT2D eigenvalue weighted by Gasteiger charge is -2.27. The fourth-order valence-electron chi connectivity index (χ4n) is 2.42. The van der Waals surface area contributed by atoms with E-state index in [1.54, 1.807) is 0 Å². The first-order valence-corrected chi connectivity index (χ1v) is 8.90. The Morgan fingerprint density at radius 2 is 1.67 bits per heavy atom. The third-order valence-electron chi connectivity index (χ3n) is 3.47. The van der Waals surface area contributed by atoms with Gasteiger partial charge in [-0.2, -0.15) is 0 Å². The maximum atomic E-state index is 12.2. The van der Waals surface area contributed by atoms with Crippen LogP contribution in [0, 0.1) is 0 Å². The molecule has 0 aliphatic heterocycles. The summed E-state index contributed by atoms with van der Waals surface area (Å²) < 4.78 is 6.57. The highest BCUT2D eigenvalue weighted by Crippen LogP contribution is 2.19. The molecule has 0 saturated carbocycles. The van der Waals surface area contributed by atoms with Crippen LogP contribution in [0.4, 0.5) is 5.69 Å². The quantitative estimate of drug-likeness (QED) is 0.661. The Morgan fingerprint density at radius 3 is 2.29 bits per heavy atom. The molecule has 0 fully saturated rings. The minimum Gasteiger partial charge on any atom is -0.459 e. The van der Waals surface area contributed by atoms with Gasteiger partial charge in [0.05, 0.1) is 0 Å². The molecule has 24 heavy (non-hydrogen) atoms. The number of carbonyl (C=O) groups is 1. The number of ether oxygens (including phenoxy) is 1. The predicted molar refractivity (Wildman–Crippen MR) is 102 cm³/mol. The van der Waals surface area contributed by atoms with Gasteiger partial charge in [0.15, 0.2) is 0 Å². The van der Waals surface area contributed by atoms with Crippen molar-refractivity contribution in [3.63, 3.8) is 0 Å². The fraction of sp³-hybridized carbons (Fsp3) is 0.350. The van der Waals surface area contributed by atoms with Crippen LogP contribution in [-0.4, -0.2) is 24.7 Å². The summed E-state index contributed by atoms with van der Waals surface area (Å²) in [4.78, 5) is 14.3. The molecule has 0 atom stereocenters. The maximum absolute atomic E-state index is 12.2. The van der Waals surface area contributed by atoms with Gasteiger partial charge in [-0.3, -0.25) is 4.79 Å². The van der Waals surface area contributed by atoms with Crippen molar-refractivity contribution < 1.29 is 9.53 Å². The second-order valence-electron chi connectivity index (χ2n) is 6.68. The molecule has 0 aliphatic carbocycles. The zero-order chi connectivity index (χ0) is 17.6. The van der Waals surface area contributed by atoms with Crippen molar-refractivity contribution in [2.45, 2.75) is 32.8 Å². The van der Waals surface area contributed by atoms with Gasteiger partial charge in [0.1, 0.15) is 12.1 Å². The number of nitrogens with zero attached hydrogens (tertiary/aromatic N) is 1. The molecule has 0 heterocycles. The van der Waals surface area contributed by atoms with Crippen molar-refractivity contribution in [3.8, 4) is 0 Å². The Labute approximate surface area is 152 Å². The molecule has 0 unspecified atom stereocenters. The van der Waals surface area contributed by atoms with Crippen molar-refractivity contribution in [1.29, 1.82) is 0 Å². The van der Waals surface area contributed by atoms with Crippen molar-refractivity contribution in [3.05, 3.63) is 64.6 Å². The van der Waals surface area contributed by atoms with E-state index in [9.17, 15) is 4.79 Å². The normalized spacial score (nSPS) is 11.2. The average molecular weight is 390 g/mol. The van der Waals surface area contributed by atoms with Gasteiger partial charge in [-0.05, 0) is 51.0 Å². The topological polar surface area (TPSA) is 29.5 Å². The molecule has 0 aromatic heterocycles. The minimum absolute atomic E-state index is 0.210. The highest BCUT2D eigenvalue weighted by molar-refractivity contribution is 9.10. The highest BCUT2D eigenvalue weighted by Gasteiger charge is 2.19. The zero-order valence-electron chi connectivity index (χ0n) is 14.5. The largest absolute Gasteiger partial charge is 0.459 e. The molecule has 0 N–H and O–H groups in total. The molecular weight excluding hydrogens is 366 g/mol. The molecular formula is C20H24BrNO2. The number of esters is 1. The molecule has 3 nitrogen and oxygen atoms in total. The van der Waals surface area contributed by atoms with Crippen LogP contribution < -0.4 is 4.90 Å². The Morgan fingerprint density at radius 1 is 1.04 bits per heavy atom. The van der Waals surface area contributed by atoms with E-state index >= 15 is 0 Å². The van der Waals surface area contributed by atoms with Crippen molar-refractivity contribution in [1.82, 2.24) is 0 Å². The molecule has 2 aromatic carbocycles. The smallest absolute Gasteiger partial charge is 0.326 e. The summed E-state index contributed by atoms with van der Waals surface area (Å²) in [6, 6.07) is 18.1. The Kier molecular flexibility index (Phi) is 6.44. The van der Waals surface area contributed by atoms with Crippen molar-refractivity contribution >= 4 is 27.6 Å². The van der Waals surface area contributed by atoms with Crippen LogP contribution >= 0.6 is 15.9 Å². The molecule has 2 rings (SSSR count). The summed E-state index contributed by atoms with van der Waals surface area (Å²) in [6.45, 7) is 6.65. The van der Waals surface area contributed by atoms with E-state index < -0.39 is 5.60 Å². The number of hydrogen-bond acceptors (Lipinski definition) is 3. The van der Waals surface area contributed by atoms with Gasteiger partial charge >= 0.3 is 5.97 Å². The molecule has 0 amide bonds. The van der Waals surface area contributed by atoms with Crippen LogP contribution in [0.3, 0.4) is 0 Å². The van der Waals surface area contributed by atoms with E-state index in [2.05, 4.69) is 26.9 Å². The average Bonchev–Trinajstić information content (AvgIpc) is 2.52. The van der Waals surface area contributed by atoms with Crippen molar-refractivity contribution in [2.24, 2.45) is 0 Å². The summed E-state index contributed by atoms with van der Waals surface area (Å²) in [7, 11) is 0. The lowest BCUT2D eigenvalue weighted by Crippen LogP contribution is -2.36. The summed E-state index contributed by atoms with van der Waals surface area (Å²) >= 11 is 3.58. The minimum atomic E-state index is -0.470. The standard InChI is InChI=1S/C20H24BrNO2/c1-20(2,3)24-19(23)15-22(17-10-5-4-6-11-17)14-13-16-9-7-8-12-18(16)21/h4-12H,13-15H2,1-3H3. The van der Waals surface area contributed by atoms with E-state index in [-0.39, 0.29) is 12.5 Å². The summed E-state index contributed by atoms with van der Waals surface area (Å²) in [5, 5.41) is 0. The number of benzene rings is 2.